The van der Waals surface area contributed by atoms with Gasteiger partial charge in [-0.1, -0.05) is 149 Å². The molecule has 3 aliphatic rings. The van der Waals surface area contributed by atoms with Crippen molar-refractivity contribution in [3.63, 3.8) is 0 Å². The maximum absolute atomic E-state index is 14.4. The van der Waals surface area contributed by atoms with E-state index in [4.69, 9.17) is 4.43 Å². The van der Waals surface area contributed by atoms with E-state index in [1.54, 1.807) is 17.0 Å². The van der Waals surface area contributed by atoms with Gasteiger partial charge in [-0.2, -0.15) is 0 Å². The topological polar surface area (TPSA) is 107 Å². The first kappa shape index (κ1) is 40.6. The Morgan fingerprint density at radius 2 is 1.40 bits per heavy atom. The van der Waals surface area contributed by atoms with Crippen molar-refractivity contribution in [2.75, 3.05) is 13.2 Å². The maximum atomic E-state index is 14.4. The smallest absolute Gasteiger partial charge is 0.261 e. The Labute approximate surface area is 338 Å². The van der Waals surface area contributed by atoms with Crippen molar-refractivity contribution in [2.24, 2.45) is 17.8 Å². The molecule has 1 aliphatic heterocycles. The van der Waals surface area contributed by atoms with Gasteiger partial charge in [-0.3, -0.25) is 14.5 Å². The van der Waals surface area contributed by atoms with Gasteiger partial charge in [0.1, 0.15) is 5.75 Å². The van der Waals surface area contributed by atoms with Crippen molar-refractivity contribution < 1.29 is 29.3 Å². The van der Waals surface area contributed by atoms with Crippen molar-refractivity contribution in [1.82, 2.24) is 4.90 Å². The van der Waals surface area contributed by atoms with Crippen LogP contribution < -0.4 is 10.4 Å². The van der Waals surface area contributed by atoms with E-state index < -0.39 is 32.2 Å². The third-order valence-corrected chi connectivity index (χ3v) is 17.6. The fourth-order valence-electron chi connectivity index (χ4n) is 9.94. The number of carbonyl (C=O) groups is 2. The molecule has 1 saturated heterocycles. The highest BCUT2D eigenvalue weighted by molar-refractivity contribution is 6.99. The van der Waals surface area contributed by atoms with Gasteiger partial charge in [-0.05, 0) is 87.5 Å². The summed E-state index contributed by atoms with van der Waals surface area (Å²) in [5.41, 5.74) is 4.40. The molecule has 0 aromatic heterocycles. The van der Waals surface area contributed by atoms with Crippen LogP contribution in [0, 0.1) is 17.8 Å². The molecule has 8 heteroatoms. The van der Waals surface area contributed by atoms with Crippen LogP contribution >= 0.6 is 0 Å². The molecular weight excluding hydrogens is 727 g/mol. The Morgan fingerprint density at radius 3 is 1.96 bits per heavy atom. The summed E-state index contributed by atoms with van der Waals surface area (Å²) in [5.74, 6) is -2.22. The van der Waals surface area contributed by atoms with Gasteiger partial charge < -0.3 is 19.7 Å². The van der Waals surface area contributed by atoms with Gasteiger partial charge in [-0.15, -0.1) is 0 Å². The van der Waals surface area contributed by atoms with Crippen LogP contribution in [0.25, 0.3) is 11.6 Å². The lowest BCUT2D eigenvalue weighted by molar-refractivity contribution is -0.143. The Hall–Kier alpha value is -4.60. The second-order valence-electron chi connectivity index (χ2n) is 17.2. The Balaban J connectivity index is 1.29. The Kier molecular flexibility index (Phi) is 12.5. The number of nitrogens with zero attached hydrogens (tertiary/aromatic N) is 1. The molecule has 4 atom stereocenters. The van der Waals surface area contributed by atoms with Crippen LogP contribution in [0.3, 0.4) is 0 Å². The molecule has 0 radical (unpaired) electrons. The van der Waals surface area contributed by atoms with Gasteiger partial charge in [0.05, 0.1) is 31.2 Å². The number of hydrogen-bond donors (Lipinski definition) is 3. The highest BCUT2D eigenvalue weighted by Crippen LogP contribution is 2.48. The molecule has 0 spiro atoms. The molecule has 0 bridgehead atoms. The molecule has 4 aromatic carbocycles. The average molecular weight is 784 g/mol. The molecule has 3 N–H and O–H groups in total. The van der Waals surface area contributed by atoms with Crippen molar-refractivity contribution in [2.45, 2.75) is 89.3 Å². The summed E-state index contributed by atoms with van der Waals surface area (Å²) in [6, 6.07) is 37.8. The lowest BCUT2D eigenvalue weighted by Crippen LogP contribution is -2.66. The largest absolute Gasteiger partial charge is 0.508 e. The number of imide groups is 1. The number of carbonyl (C=O) groups excluding carboxylic acids is 2. The van der Waals surface area contributed by atoms with Crippen LogP contribution in [0.2, 0.25) is 5.04 Å². The molecular formula is C49H57NO6Si. The number of benzene rings is 4. The number of aliphatic hydroxyl groups excluding tert-OH is 2. The summed E-state index contributed by atoms with van der Waals surface area (Å²) in [7, 11) is -3.03. The summed E-state index contributed by atoms with van der Waals surface area (Å²) < 4.78 is 7.46. The zero-order valence-electron chi connectivity index (χ0n) is 33.5. The van der Waals surface area contributed by atoms with Crippen LogP contribution in [0.5, 0.6) is 5.75 Å². The van der Waals surface area contributed by atoms with Crippen LogP contribution in [0.4, 0.5) is 0 Å². The third-order valence-electron chi connectivity index (χ3n) is 12.7. The van der Waals surface area contributed by atoms with Crippen LogP contribution in [-0.2, 0) is 14.0 Å². The van der Waals surface area contributed by atoms with E-state index in [1.807, 2.05) is 54.6 Å². The lowest BCUT2D eigenvalue weighted by atomic mass is 9.68. The number of likely N-dealkylation sites (tertiary alicyclic amines) is 1. The summed E-state index contributed by atoms with van der Waals surface area (Å²) in [6.45, 7) is 6.48. The van der Waals surface area contributed by atoms with Crippen LogP contribution in [0.1, 0.15) is 83.3 Å². The fourth-order valence-corrected chi connectivity index (χ4v) is 14.5. The van der Waals surface area contributed by atoms with E-state index in [0.29, 0.717) is 24.8 Å². The number of amides is 2. The SMILES string of the molecule is CC(C)(C)[Si](OCC1=C([C@H](O)CC/C(=C/c2ccc(O)cc2)c2ccccc2)[C@H](CO)[C@@H]2C(=O)N(C3CCCCC3)C(=O)[C@@H]2C1)(c1ccccc1)c1ccccc1. The lowest BCUT2D eigenvalue weighted by Gasteiger charge is -2.44. The molecule has 2 fully saturated rings. The second kappa shape index (κ2) is 17.5. The second-order valence-corrected chi connectivity index (χ2v) is 21.5. The van der Waals surface area contributed by atoms with Crippen molar-refractivity contribution >= 4 is 42.2 Å². The summed E-state index contributed by atoms with van der Waals surface area (Å²) >= 11 is 0. The van der Waals surface area contributed by atoms with E-state index >= 15 is 0 Å². The van der Waals surface area contributed by atoms with Crippen molar-refractivity contribution in [3.8, 4) is 5.75 Å². The molecule has 7 nitrogen and oxygen atoms in total. The van der Waals surface area contributed by atoms with E-state index in [0.717, 1.165) is 64.8 Å². The fraction of sp³-hybridized carbons (Fsp3) is 0.388. The first-order chi connectivity index (χ1) is 27.5. The standard InChI is InChI=1S/C49H57NO6Si/c1-49(2,3)57(40-20-12-6-13-21-40,41-22-14-7-15-23-41)56-33-37-31-42-46(48(55)50(47(42)54)38-18-10-5-11-19-38)43(32-51)45(37)44(53)29-26-36(35-16-8-4-9-17-35)30-34-24-27-39(52)28-25-34/h4,6-9,12-17,20-25,27-28,30,38,42-44,46,51-53H,5,10-11,18-19,26,29,31-33H2,1-3H3/b36-30-/t42-,43+,44-,46-/m1/s1. The van der Waals surface area contributed by atoms with E-state index in [1.165, 1.54) is 0 Å². The first-order valence-electron chi connectivity index (χ1n) is 20.7. The first-order valence-corrected chi connectivity index (χ1v) is 22.6. The number of aliphatic hydroxyl groups is 2. The summed E-state index contributed by atoms with van der Waals surface area (Å²) in [5, 5.41) is 35.6. The van der Waals surface area contributed by atoms with E-state index in [2.05, 4.69) is 75.4 Å². The molecule has 1 saturated carbocycles. The molecule has 7 rings (SSSR count). The number of aromatic hydroxyl groups is 1. The zero-order chi connectivity index (χ0) is 40.2. The van der Waals surface area contributed by atoms with Crippen LogP contribution in [0.15, 0.2) is 126 Å². The van der Waals surface area contributed by atoms with Gasteiger partial charge in [0.15, 0.2) is 0 Å². The zero-order valence-corrected chi connectivity index (χ0v) is 34.5. The minimum absolute atomic E-state index is 0.118. The maximum Gasteiger partial charge on any atom is 0.261 e. The Morgan fingerprint density at radius 1 is 0.825 bits per heavy atom. The third kappa shape index (κ3) is 8.24. The molecule has 57 heavy (non-hydrogen) atoms. The molecule has 0 unspecified atom stereocenters. The van der Waals surface area contributed by atoms with Gasteiger partial charge in [0, 0.05) is 12.0 Å². The molecule has 2 amide bonds. The highest BCUT2D eigenvalue weighted by atomic mass is 28.4. The predicted molar refractivity (Wildman–Crippen MR) is 229 cm³/mol. The summed E-state index contributed by atoms with van der Waals surface area (Å²) in [4.78, 5) is 30.4. The molecule has 4 aromatic rings. The monoisotopic (exact) mass is 783 g/mol. The molecule has 1 heterocycles. The number of fused-ring (bicyclic) bond motifs is 1. The number of phenolic OH excluding ortho intramolecular Hbond substituents is 1. The molecule has 2 aliphatic carbocycles. The minimum atomic E-state index is -3.03. The Bertz CT molecular complexity index is 2010. The van der Waals surface area contributed by atoms with Gasteiger partial charge in [0.2, 0.25) is 11.8 Å². The quantitative estimate of drug-likeness (QED) is 0.0552. The average Bonchev–Trinajstić information content (AvgIpc) is 3.48. The van der Waals surface area contributed by atoms with Gasteiger partial charge in [0.25, 0.3) is 8.32 Å². The minimum Gasteiger partial charge on any atom is -0.508 e. The number of hydrogen-bond acceptors (Lipinski definition) is 6. The normalized spacial score (nSPS) is 21.5. The number of allylic oxidation sites excluding steroid dienone is 1. The molecule has 298 valence electrons. The van der Waals surface area contributed by atoms with Gasteiger partial charge >= 0.3 is 0 Å². The number of phenols is 1. The van der Waals surface area contributed by atoms with Crippen molar-refractivity contribution in [3.05, 3.63) is 138 Å². The summed E-state index contributed by atoms with van der Waals surface area (Å²) in [6.07, 6.45) is 6.91. The predicted octanol–water partition coefficient (Wildman–Crippen LogP) is 7.89. The van der Waals surface area contributed by atoms with Crippen molar-refractivity contribution in [1.29, 1.82) is 0 Å². The number of rotatable bonds is 13. The highest BCUT2D eigenvalue weighted by Gasteiger charge is 2.57. The van der Waals surface area contributed by atoms with E-state index in [9.17, 15) is 24.9 Å². The van der Waals surface area contributed by atoms with E-state index in [-0.39, 0.29) is 41.9 Å². The van der Waals surface area contributed by atoms with Crippen LogP contribution in [-0.4, -0.2) is 65.7 Å². The van der Waals surface area contributed by atoms with Gasteiger partial charge in [-0.25, -0.2) is 0 Å².